The van der Waals surface area contributed by atoms with E-state index in [2.05, 4.69) is 35.5 Å². The van der Waals surface area contributed by atoms with Crippen LogP contribution in [0.5, 0.6) is 0 Å². The van der Waals surface area contributed by atoms with Crippen molar-refractivity contribution in [1.82, 2.24) is 14.8 Å². The summed E-state index contributed by atoms with van der Waals surface area (Å²) in [6, 6.07) is 3.85. The molecule has 0 saturated heterocycles. The highest BCUT2D eigenvalue weighted by Crippen LogP contribution is 2.31. The van der Waals surface area contributed by atoms with Crippen molar-refractivity contribution in [3.8, 4) is 10.7 Å². The molecule has 0 amide bonds. The average molecular weight is 242 g/mol. The molecule has 0 spiro atoms. The molecular weight excluding hydrogens is 230 g/mol. The second-order valence-corrected chi connectivity index (χ2v) is 6.01. The lowest BCUT2D eigenvalue weighted by Gasteiger charge is -2.21. The molecule has 0 aliphatic carbocycles. The Balaban J connectivity index is 2.50. The fraction of sp³-hybridized carbons (Fsp3) is 0.400. The van der Waals surface area contributed by atoms with Crippen molar-refractivity contribution in [2.75, 3.05) is 0 Å². The lowest BCUT2D eigenvalue weighted by Crippen LogP contribution is -2.21. The Morgan fingerprint density at radius 2 is 2.07 bits per heavy atom. The molecule has 0 aliphatic heterocycles. The largest absolute Gasteiger partial charge is 0.308 e. The van der Waals surface area contributed by atoms with Crippen molar-refractivity contribution in [2.24, 2.45) is 0 Å². The van der Waals surface area contributed by atoms with E-state index in [9.17, 15) is 0 Å². The van der Waals surface area contributed by atoms with Crippen LogP contribution in [0.4, 0.5) is 0 Å². The minimum Gasteiger partial charge on any atom is -0.308 e. The van der Waals surface area contributed by atoms with E-state index >= 15 is 0 Å². The second-order valence-electron chi connectivity index (χ2n) is 4.30. The summed E-state index contributed by atoms with van der Waals surface area (Å²) in [5.41, 5.74) is -0.0186. The lowest BCUT2D eigenvalue weighted by molar-refractivity contribution is 0.400. The van der Waals surface area contributed by atoms with Gasteiger partial charge in [-0.05, 0) is 32.9 Å². The first-order valence-corrected chi connectivity index (χ1v) is 5.84. The summed E-state index contributed by atoms with van der Waals surface area (Å²) in [4.78, 5) is 1.05. The van der Waals surface area contributed by atoms with E-state index in [1.807, 2.05) is 12.1 Å². The van der Waals surface area contributed by atoms with E-state index in [4.69, 9.17) is 11.6 Å². The van der Waals surface area contributed by atoms with Crippen LogP contribution < -0.4 is 0 Å². The molecule has 0 saturated carbocycles. The van der Waals surface area contributed by atoms with Gasteiger partial charge >= 0.3 is 0 Å². The van der Waals surface area contributed by atoms with Crippen LogP contribution >= 0.6 is 22.9 Å². The summed E-state index contributed by atoms with van der Waals surface area (Å²) in [6.07, 6.45) is 1.75. The van der Waals surface area contributed by atoms with E-state index in [-0.39, 0.29) is 5.54 Å². The molecule has 2 heterocycles. The van der Waals surface area contributed by atoms with Gasteiger partial charge in [-0.1, -0.05) is 11.6 Å². The third kappa shape index (κ3) is 2.06. The van der Waals surface area contributed by atoms with E-state index in [0.29, 0.717) is 0 Å². The predicted molar refractivity (Wildman–Crippen MR) is 63.3 cm³/mol. The Kier molecular flexibility index (Phi) is 2.56. The van der Waals surface area contributed by atoms with Crippen molar-refractivity contribution in [2.45, 2.75) is 26.3 Å². The molecule has 0 unspecified atom stereocenters. The zero-order valence-electron chi connectivity index (χ0n) is 8.86. The van der Waals surface area contributed by atoms with Gasteiger partial charge in [0.15, 0.2) is 5.82 Å². The fourth-order valence-electron chi connectivity index (χ4n) is 1.33. The van der Waals surface area contributed by atoms with Crippen LogP contribution in [0.25, 0.3) is 10.7 Å². The molecule has 0 aromatic carbocycles. The summed E-state index contributed by atoms with van der Waals surface area (Å²) in [5.74, 6) is 0.874. The Morgan fingerprint density at radius 3 is 2.60 bits per heavy atom. The summed E-state index contributed by atoms with van der Waals surface area (Å²) in [6.45, 7) is 6.36. The molecule has 5 heteroatoms. The van der Waals surface area contributed by atoms with Gasteiger partial charge in [0.2, 0.25) is 0 Å². The zero-order valence-corrected chi connectivity index (χ0v) is 10.4. The standard InChI is InChI=1S/C10H12ClN3S/c1-10(2,3)14-6-12-13-9(14)7-4-5-8(11)15-7/h4-6H,1-3H3. The van der Waals surface area contributed by atoms with Crippen molar-refractivity contribution in [3.05, 3.63) is 22.8 Å². The van der Waals surface area contributed by atoms with Crippen LogP contribution in [0, 0.1) is 0 Å². The van der Waals surface area contributed by atoms with Gasteiger partial charge in [-0.25, -0.2) is 0 Å². The number of nitrogens with zero attached hydrogens (tertiary/aromatic N) is 3. The van der Waals surface area contributed by atoms with Crippen LogP contribution in [0.2, 0.25) is 4.34 Å². The minimum atomic E-state index is -0.0186. The van der Waals surface area contributed by atoms with E-state index in [1.165, 1.54) is 11.3 Å². The monoisotopic (exact) mass is 241 g/mol. The molecule has 0 radical (unpaired) electrons. The SMILES string of the molecule is CC(C)(C)n1cnnc1-c1ccc(Cl)s1. The Morgan fingerprint density at radius 1 is 1.33 bits per heavy atom. The lowest BCUT2D eigenvalue weighted by atomic mass is 10.1. The Bertz CT molecular complexity index is 467. The van der Waals surface area contributed by atoms with Crippen molar-refractivity contribution >= 4 is 22.9 Å². The van der Waals surface area contributed by atoms with Gasteiger partial charge in [0, 0.05) is 5.54 Å². The molecule has 0 bridgehead atoms. The number of halogens is 1. The van der Waals surface area contributed by atoms with Crippen LogP contribution in [-0.4, -0.2) is 14.8 Å². The first kappa shape index (κ1) is 10.6. The van der Waals surface area contributed by atoms with Crippen LogP contribution in [0.3, 0.4) is 0 Å². The smallest absolute Gasteiger partial charge is 0.174 e. The number of thiophene rings is 1. The summed E-state index contributed by atoms with van der Waals surface area (Å²) in [7, 11) is 0. The normalized spacial score (nSPS) is 12.0. The molecule has 2 aromatic rings. The number of hydrogen-bond acceptors (Lipinski definition) is 3. The van der Waals surface area contributed by atoms with Gasteiger partial charge < -0.3 is 4.57 Å². The minimum absolute atomic E-state index is 0.0186. The van der Waals surface area contributed by atoms with E-state index in [0.717, 1.165) is 15.0 Å². The molecule has 15 heavy (non-hydrogen) atoms. The van der Waals surface area contributed by atoms with E-state index in [1.54, 1.807) is 6.33 Å². The van der Waals surface area contributed by atoms with Gasteiger partial charge in [-0.2, -0.15) is 0 Å². The summed E-state index contributed by atoms with van der Waals surface area (Å²) >= 11 is 7.42. The number of rotatable bonds is 1. The third-order valence-corrected chi connectivity index (χ3v) is 3.29. The topological polar surface area (TPSA) is 30.7 Å². The van der Waals surface area contributed by atoms with E-state index < -0.39 is 0 Å². The fourth-order valence-corrected chi connectivity index (χ4v) is 2.35. The Hall–Kier alpha value is -0.870. The molecule has 2 aromatic heterocycles. The molecule has 0 atom stereocenters. The first-order valence-electron chi connectivity index (χ1n) is 4.65. The highest BCUT2D eigenvalue weighted by molar-refractivity contribution is 7.19. The molecule has 3 nitrogen and oxygen atoms in total. The number of hydrogen-bond donors (Lipinski definition) is 0. The molecular formula is C10H12ClN3S. The van der Waals surface area contributed by atoms with Crippen LogP contribution in [0.1, 0.15) is 20.8 Å². The zero-order chi connectivity index (χ0) is 11.1. The third-order valence-electron chi connectivity index (χ3n) is 2.06. The quantitative estimate of drug-likeness (QED) is 0.766. The summed E-state index contributed by atoms with van der Waals surface area (Å²) in [5, 5.41) is 8.08. The van der Waals surface area contributed by atoms with Crippen molar-refractivity contribution in [3.63, 3.8) is 0 Å². The second kappa shape index (κ2) is 3.61. The molecule has 0 N–H and O–H groups in total. The van der Waals surface area contributed by atoms with Gasteiger partial charge in [0.25, 0.3) is 0 Å². The average Bonchev–Trinajstić information content (AvgIpc) is 2.68. The van der Waals surface area contributed by atoms with Gasteiger partial charge in [0.1, 0.15) is 6.33 Å². The highest BCUT2D eigenvalue weighted by atomic mass is 35.5. The highest BCUT2D eigenvalue weighted by Gasteiger charge is 2.19. The van der Waals surface area contributed by atoms with Gasteiger partial charge in [-0.15, -0.1) is 21.5 Å². The van der Waals surface area contributed by atoms with Gasteiger partial charge in [0.05, 0.1) is 9.21 Å². The molecule has 80 valence electrons. The number of aromatic nitrogens is 3. The van der Waals surface area contributed by atoms with Crippen LogP contribution in [0.15, 0.2) is 18.5 Å². The van der Waals surface area contributed by atoms with Crippen molar-refractivity contribution < 1.29 is 0 Å². The molecule has 2 rings (SSSR count). The van der Waals surface area contributed by atoms with Gasteiger partial charge in [-0.3, -0.25) is 0 Å². The summed E-state index contributed by atoms with van der Waals surface area (Å²) < 4.78 is 2.82. The maximum atomic E-state index is 5.90. The van der Waals surface area contributed by atoms with Crippen molar-refractivity contribution in [1.29, 1.82) is 0 Å². The maximum Gasteiger partial charge on any atom is 0.174 e. The molecule has 0 fully saturated rings. The maximum absolute atomic E-state index is 5.90. The Labute approximate surface area is 97.7 Å². The predicted octanol–water partition coefficient (Wildman–Crippen LogP) is 3.42. The van der Waals surface area contributed by atoms with Crippen LogP contribution in [-0.2, 0) is 5.54 Å². The molecule has 0 aliphatic rings. The first-order chi connectivity index (χ1) is 6.98.